The van der Waals surface area contributed by atoms with E-state index in [9.17, 15) is 9.59 Å². The summed E-state index contributed by atoms with van der Waals surface area (Å²) in [5, 5.41) is 0. The molecule has 0 rings (SSSR count). The van der Waals surface area contributed by atoms with Crippen LogP contribution in [0.25, 0.3) is 0 Å². The summed E-state index contributed by atoms with van der Waals surface area (Å²) in [5.74, 6) is -0.718. The Kier molecular flexibility index (Phi) is 6.14. The van der Waals surface area contributed by atoms with Crippen molar-refractivity contribution in [1.29, 1.82) is 0 Å². The molecule has 0 radical (unpaired) electrons. The summed E-state index contributed by atoms with van der Waals surface area (Å²) in [4.78, 5) is 21.5. The molecule has 0 aromatic rings. The molecule has 0 saturated carbocycles. The average molecular weight is 188 g/mol. The van der Waals surface area contributed by atoms with E-state index in [0.717, 1.165) is 0 Å². The van der Waals surface area contributed by atoms with E-state index in [1.807, 2.05) is 13.8 Å². The maximum atomic E-state index is 11.0. The predicted octanol–water partition coefficient (Wildman–Crippen LogP) is 1.28. The number of rotatable bonds is 6. The number of Topliss-reactive ketones (excluding diaryl/α,β-unsaturated/α-hetero) is 1. The normalized spacial score (nSPS) is 12.2. The SMILES string of the molecule is CCOC(CC)OC(=O)CC(C)=O. The molecule has 0 aliphatic carbocycles. The van der Waals surface area contributed by atoms with E-state index in [1.165, 1.54) is 6.92 Å². The van der Waals surface area contributed by atoms with Gasteiger partial charge in [0.25, 0.3) is 0 Å². The third-order valence-corrected chi connectivity index (χ3v) is 1.34. The fourth-order valence-corrected chi connectivity index (χ4v) is 0.813. The van der Waals surface area contributed by atoms with Crippen LogP contribution in [0.4, 0.5) is 0 Å². The Morgan fingerprint density at radius 3 is 2.31 bits per heavy atom. The van der Waals surface area contributed by atoms with E-state index in [0.29, 0.717) is 13.0 Å². The van der Waals surface area contributed by atoms with E-state index in [2.05, 4.69) is 0 Å². The van der Waals surface area contributed by atoms with Crippen molar-refractivity contribution >= 4 is 11.8 Å². The van der Waals surface area contributed by atoms with Crippen LogP contribution in [0.1, 0.15) is 33.6 Å². The van der Waals surface area contributed by atoms with E-state index in [1.54, 1.807) is 0 Å². The molecule has 0 aromatic heterocycles. The first-order chi connectivity index (χ1) is 6.10. The molecule has 76 valence electrons. The summed E-state index contributed by atoms with van der Waals surface area (Å²) in [5.41, 5.74) is 0. The van der Waals surface area contributed by atoms with Gasteiger partial charge in [-0.2, -0.15) is 0 Å². The standard InChI is InChI=1S/C9H16O4/c1-4-9(12-5-2)13-8(11)6-7(3)10/h9H,4-6H2,1-3H3. The van der Waals surface area contributed by atoms with Crippen molar-refractivity contribution in [3.05, 3.63) is 0 Å². The summed E-state index contributed by atoms with van der Waals surface area (Å²) in [6.07, 6.45) is -0.0991. The minimum Gasteiger partial charge on any atom is -0.435 e. The molecule has 1 atom stereocenters. The van der Waals surface area contributed by atoms with Crippen molar-refractivity contribution in [1.82, 2.24) is 0 Å². The summed E-state index contributed by atoms with van der Waals surface area (Å²) in [6, 6.07) is 0. The molecule has 4 nitrogen and oxygen atoms in total. The Morgan fingerprint density at radius 1 is 1.31 bits per heavy atom. The van der Waals surface area contributed by atoms with Gasteiger partial charge in [0.1, 0.15) is 12.2 Å². The smallest absolute Gasteiger partial charge is 0.315 e. The van der Waals surface area contributed by atoms with Gasteiger partial charge in [0.05, 0.1) is 0 Å². The molecule has 13 heavy (non-hydrogen) atoms. The molecule has 0 amide bonds. The summed E-state index contributed by atoms with van der Waals surface area (Å²) < 4.78 is 9.96. The fraction of sp³-hybridized carbons (Fsp3) is 0.778. The van der Waals surface area contributed by atoms with Crippen LogP contribution in [-0.4, -0.2) is 24.6 Å². The summed E-state index contributed by atoms with van der Waals surface area (Å²) in [6.45, 7) is 5.51. The lowest BCUT2D eigenvalue weighted by Gasteiger charge is -2.14. The van der Waals surface area contributed by atoms with Crippen LogP contribution in [-0.2, 0) is 19.1 Å². The summed E-state index contributed by atoms with van der Waals surface area (Å²) in [7, 11) is 0. The molecule has 0 heterocycles. The molecule has 0 aromatic carbocycles. The Balaban J connectivity index is 3.79. The topological polar surface area (TPSA) is 52.6 Å². The number of hydrogen-bond donors (Lipinski definition) is 0. The molecule has 1 unspecified atom stereocenters. The highest BCUT2D eigenvalue weighted by Gasteiger charge is 2.13. The Morgan fingerprint density at radius 2 is 1.92 bits per heavy atom. The number of esters is 1. The first-order valence-corrected chi connectivity index (χ1v) is 4.40. The zero-order valence-corrected chi connectivity index (χ0v) is 8.33. The third-order valence-electron chi connectivity index (χ3n) is 1.34. The molecule has 0 aliphatic heterocycles. The molecule has 0 aliphatic rings. The maximum Gasteiger partial charge on any atom is 0.315 e. The molecular weight excluding hydrogens is 172 g/mol. The lowest BCUT2D eigenvalue weighted by atomic mass is 10.3. The van der Waals surface area contributed by atoms with Gasteiger partial charge < -0.3 is 9.47 Å². The minimum atomic E-state index is -0.521. The zero-order valence-electron chi connectivity index (χ0n) is 8.33. The first-order valence-electron chi connectivity index (χ1n) is 4.40. The Hall–Kier alpha value is -0.900. The van der Waals surface area contributed by atoms with Gasteiger partial charge in [-0.05, 0) is 13.8 Å². The van der Waals surface area contributed by atoms with Gasteiger partial charge in [-0.3, -0.25) is 9.59 Å². The highest BCUT2D eigenvalue weighted by atomic mass is 16.7. The van der Waals surface area contributed by atoms with Crippen molar-refractivity contribution < 1.29 is 19.1 Å². The highest BCUT2D eigenvalue weighted by Crippen LogP contribution is 2.02. The fourth-order valence-electron chi connectivity index (χ4n) is 0.813. The second kappa shape index (κ2) is 6.60. The van der Waals surface area contributed by atoms with E-state index in [-0.39, 0.29) is 12.2 Å². The van der Waals surface area contributed by atoms with Gasteiger partial charge in [-0.15, -0.1) is 0 Å². The maximum absolute atomic E-state index is 11.0. The van der Waals surface area contributed by atoms with Crippen LogP contribution in [0.15, 0.2) is 0 Å². The molecule has 0 bridgehead atoms. The van der Waals surface area contributed by atoms with E-state index < -0.39 is 12.3 Å². The average Bonchev–Trinajstić information content (AvgIpc) is 2.02. The van der Waals surface area contributed by atoms with Crippen molar-refractivity contribution in [2.75, 3.05) is 6.61 Å². The van der Waals surface area contributed by atoms with Crippen LogP contribution in [0.2, 0.25) is 0 Å². The van der Waals surface area contributed by atoms with Crippen LogP contribution >= 0.6 is 0 Å². The van der Waals surface area contributed by atoms with Gasteiger partial charge in [-0.25, -0.2) is 0 Å². The quantitative estimate of drug-likeness (QED) is 0.358. The number of ketones is 1. The van der Waals surface area contributed by atoms with Crippen LogP contribution in [0.3, 0.4) is 0 Å². The molecule has 0 fully saturated rings. The molecule has 4 heteroatoms. The Bertz CT molecular complexity index is 176. The van der Waals surface area contributed by atoms with Crippen molar-refractivity contribution in [3.8, 4) is 0 Å². The monoisotopic (exact) mass is 188 g/mol. The van der Waals surface area contributed by atoms with E-state index in [4.69, 9.17) is 9.47 Å². The lowest BCUT2D eigenvalue weighted by Crippen LogP contribution is -2.21. The molecule has 0 saturated heterocycles. The van der Waals surface area contributed by atoms with Crippen molar-refractivity contribution in [2.24, 2.45) is 0 Å². The van der Waals surface area contributed by atoms with Gasteiger partial charge >= 0.3 is 5.97 Å². The van der Waals surface area contributed by atoms with Gasteiger partial charge in [-0.1, -0.05) is 6.92 Å². The second-order valence-corrected chi connectivity index (χ2v) is 2.66. The largest absolute Gasteiger partial charge is 0.435 e. The van der Waals surface area contributed by atoms with Crippen LogP contribution in [0.5, 0.6) is 0 Å². The lowest BCUT2D eigenvalue weighted by molar-refractivity contribution is -0.178. The van der Waals surface area contributed by atoms with Gasteiger partial charge in [0.2, 0.25) is 6.29 Å². The van der Waals surface area contributed by atoms with Crippen molar-refractivity contribution in [2.45, 2.75) is 39.9 Å². The zero-order chi connectivity index (χ0) is 10.3. The van der Waals surface area contributed by atoms with E-state index >= 15 is 0 Å². The second-order valence-electron chi connectivity index (χ2n) is 2.66. The molecule has 0 spiro atoms. The Labute approximate surface area is 78.2 Å². The third kappa shape index (κ3) is 6.28. The number of ether oxygens (including phenoxy) is 2. The minimum absolute atomic E-state index is 0.177. The van der Waals surface area contributed by atoms with Crippen LogP contribution < -0.4 is 0 Å². The summed E-state index contributed by atoms with van der Waals surface area (Å²) >= 11 is 0. The highest BCUT2D eigenvalue weighted by molar-refractivity contribution is 5.94. The number of carbonyl (C=O) groups excluding carboxylic acids is 2. The first kappa shape index (κ1) is 12.1. The van der Waals surface area contributed by atoms with Crippen LogP contribution in [0, 0.1) is 0 Å². The number of carbonyl (C=O) groups is 2. The molecular formula is C9H16O4. The van der Waals surface area contributed by atoms with Crippen molar-refractivity contribution in [3.63, 3.8) is 0 Å². The number of hydrogen-bond acceptors (Lipinski definition) is 4. The van der Waals surface area contributed by atoms with Gasteiger partial charge in [0.15, 0.2) is 0 Å². The van der Waals surface area contributed by atoms with Gasteiger partial charge in [0, 0.05) is 13.0 Å². The predicted molar refractivity (Wildman–Crippen MR) is 47.1 cm³/mol. The molecule has 0 N–H and O–H groups in total.